The number of aromatic nitrogens is 1. The summed E-state index contributed by atoms with van der Waals surface area (Å²) in [6, 6.07) is 0.503. The first kappa shape index (κ1) is 13.0. The molecule has 0 aromatic carbocycles. The average Bonchev–Trinajstić information content (AvgIpc) is 2.96. The van der Waals surface area contributed by atoms with Gasteiger partial charge in [0.1, 0.15) is 10.6 Å². The highest BCUT2D eigenvalue weighted by molar-refractivity contribution is 7.09. The van der Waals surface area contributed by atoms with Gasteiger partial charge in [0.05, 0.1) is 5.69 Å². The van der Waals surface area contributed by atoms with E-state index in [2.05, 4.69) is 24.5 Å². The lowest BCUT2D eigenvalue weighted by molar-refractivity contribution is -0.00897. The van der Waals surface area contributed by atoms with Crippen LogP contribution in [0, 0.1) is 0 Å². The summed E-state index contributed by atoms with van der Waals surface area (Å²) in [5.74, 6) is 0. The molecule has 0 saturated heterocycles. The average molecular weight is 254 g/mol. The van der Waals surface area contributed by atoms with Gasteiger partial charge in [-0.3, -0.25) is 0 Å². The lowest BCUT2D eigenvalue weighted by Crippen LogP contribution is -2.25. The number of hydrogen-bond donors (Lipinski definition) is 1. The molecular weight excluding hydrogens is 232 g/mol. The van der Waals surface area contributed by atoms with Crippen LogP contribution in [0.2, 0.25) is 0 Å². The van der Waals surface area contributed by atoms with E-state index < -0.39 is 0 Å². The Bertz CT molecular complexity index is 356. The molecule has 3 nitrogen and oxygen atoms in total. The molecule has 4 heteroatoms. The molecule has 0 amide bonds. The molecule has 0 atom stereocenters. The van der Waals surface area contributed by atoms with Crippen molar-refractivity contribution in [2.24, 2.45) is 0 Å². The fraction of sp³-hybridized carbons (Fsp3) is 0.769. The van der Waals surface area contributed by atoms with Crippen LogP contribution in [0.4, 0.5) is 0 Å². The second-order valence-electron chi connectivity index (χ2n) is 5.09. The first-order chi connectivity index (χ1) is 8.16. The molecule has 1 aliphatic rings. The third-order valence-electron chi connectivity index (χ3n) is 3.43. The van der Waals surface area contributed by atoms with Crippen molar-refractivity contribution in [2.45, 2.75) is 57.7 Å². The maximum atomic E-state index is 5.75. The van der Waals surface area contributed by atoms with Crippen LogP contribution in [0.1, 0.15) is 50.2 Å². The summed E-state index contributed by atoms with van der Waals surface area (Å²) < 4.78 is 5.75. The minimum atomic E-state index is -0.0826. The molecule has 2 rings (SSSR count). The molecule has 0 aliphatic heterocycles. The number of hydrogen-bond acceptors (Lipinski definition) is 4. The van der Waals surface area contributed by atoms with Gasteiger partial charge in [0.2, 0.25) is 0 Å². The monoisotopic (exact) mass is 254 g/mol. The highest BCUT2D eigenvalue weighted by Crippen LogP contribution is 2.42. The van der Waals surface area contributed by atoms with Gasteiger partial charge in [-0.2, -0.15) is 0 Å². The zero-order valence-electron chi connectivity index (χ0n) is 11.0. The van der Waals surface area contributed by atoms with Crippen molar-refractivity contribution in [1.82, 2.24) is 10.3 Å². The van der Waals surface area contributed by atoms with Gasteiger partial charge in [0, 0.05) is 25.1 Å². The highest BCUT2D eigenvalue weighted by atomic mass is 32.1. The van der Waals surface area contributed by atoms with Crippen molar-refractivity contribution >= 4 is 11.3 Å². The SMILES string of the molecule is COC1(c2nc(CNC(C)C)cs2)CCCC1. The number of thiazole rings is 1. The minimum absolute atomic E-state index is 0.0826. The molecule has 1 aliphatic carbocycles. The third-order valence-corrected chi connectivity index (χ3v) is 4.51. The van der Waals surface area contributed by atoms with Crippen LogP contribution < -0.4 is 5.32 Å². The smallest absolute Gasteiger partial charge is 0.125 e. The molecule has 0 radical (unpaired) electrons. The molecule has 1 fully saturated rings. The van der Waals surface area contributed by atoms with Crippen molar-refractivity contribution in [3.8, 4) is 0 Å². The van der Waals surface area contributed by atoms with E-state index in [1.165, 1.54) is 12.8 Å². The van der Waals surface area contributed by atoms with Crippen LogP contribution in [-0.4, -0.2) is 18.1 Å². The summed E-state index contributed by atoms with van der Waals surface area (Å²) in [6.07, 6.45) is 4.75. The topological polar surface area (TPSA) is 34.1 Å². The Balaban J connectivity index is 2.06. The summed E-state index contributed by atoms with van der Waals surface area (Å²) in [5, 5.41) is 6.72. The predicted octanol–water partition coefficient (Wildman–Crippen LogP) is 3.06. The van der Waals surface area contributed by atoms with Crippen LogP contribution >= 0.6 is 11.3 Å². The fourth-order valence-corrected chi connectivity index (χ4v) is 3.41. The van der Waals surface area contributed by atoms with Gasteiger partial charge in [0.25, 0.3) is 0 Å². The molecule has 1 N–H and O–H groups in total. The summed E-state index contributed by atoms with van der Waals surface area (Å²) >= 11 is 1.75. The van der Waals surface area contributed by atoms with Crippen LogP contribution in [0.25, 0.3) is 0 Å². The Morgan fingerprint density at radius 3 is 2.76 bits per heavy atom. The van der Waals surface area contributed by atoms with E-state index >= 15 is 0 Å². The van der Waals surface area contributed by atoms with Crippen molar-refractivity contribution in [3.05, 3.63) is 16.1 Å². The quantitative estimate of drug-likeness (QED) is 0.877. The molecule has 1 aromatic rings. The number of methoxy groups -OCH3 is 1. The van der Waals surface area contributed by atoms with Gasteiger partial charge in [-0.15, -0.1) is 11.3 Å². The zero-order valence-corrected chi connectivity index (χ0v) is 11.8. The maximum Gasteiger partial charge on any atom is 0.125 e. The molecule has 1 saturated carbocycles. The molecule has 0 bridgehead atoms. The van der Waals surface area contributed by atoms with E-state index in [4.69, 9.17) is 9.72 Å². The number of ether oxygens (including phenoxy) is 1. The summed E-state index contributed by atoms with van der Waals surface area (Å²) in [7, 11) is 1.82. The number of nitrogens with one attached hydrogen (secondary N) is 1. The van der Waals surface area contributed by atoms with Crippen LogP contribution in [-0.2, 0) is 16.9 Å². The van der Waals surface area contributed by atoms with Crippen molar-refractivity contribution in [1.29, 1.82) is 0 Å². The van der Waals surface area contributed by atoms with Gasteiger partial charge in [-0.05, 0) is 12.8 Å². The van der Waals surface area contributed by atoms with E-state index in [0.29, 0.717) is 6.04 Å². The third kappa shape index (κ3) is 2.87. The van der Waals surface area contributed by atoms with Gasteiger partial charge < -0.3 is 10.1 Å². The lowest BCUT2D eigenvalue weighted by Gasteiger charge is -2.24. The first-order valence-corrected chi connectivity index (χ1v) is 7.28. The predicted molar refractivity (Wildman–Crippen MR) is 71.2 cm³/mol. The summed E-state index contributed by atoms with van der Waals surface area (Å²) in [5.41, 5.74) is 1.06. The zero-order chi connectivity index (χ0) is 12.3. The van der Waals surface area contributed by atoms with Gasteiger partial charge in [0.15, 0.2) is 0 Å². The van der Waals surface area contributed by atoms with Crippen molar-refractivity contribution in [2.75, 3.05) is 7.11 Å². The molecule has 0 spiro atoms. The summed E-state index contributed by atoms with van der Waals surface area (Å²) in [6.45, 7) is 5.16. The Morgan fingerprint density at radius 1 is 1.47 bits per heavy atom. The molecule has 96 valence electrons. The van der Waals surface area contributed by atoms with Crippen LogP contribution in [0.3, 0.4) is 0 Å². The second-order valence-corrected chi connectivity index (χ2v) is 5.94. The molecule has 1 aromatic heterocycles. The van der Waals surface area contributed by atoms with Crippen LogP contribution in [0.5, 0.6) is 0 Å². The van der Waals surface area contributed by atoms with Crippen LogP contribution in [0.15, 0.2) is 5.38 Å². The molecular formula is C13H22N2OS. The van der Waals surface area contributed by atoms with E-state index in [0.717, 1.165) is 30.1 Å². The normalized spacial score (nSPS) is 19.1. The van der Waals surface area contributed by atoms with Gasteiger partial charge in [-0.25, -0.2) is 4.98 Å². The second kappa shape index (κ2) is 5.46. The fourth-order valence-electron chi connectivity index (χ4n) is 2.36. The largest absolute Gasteiger partial charge is 0.371 e. The Kier molecular flexibility index (Phi) is 4.17. The first-order valence-electron chi connectivity index (χ1n) is 6.40. The minimum Gasteiger partial charge on any atom is -0.371 e. The Hall–Kier alpha value is -0.450. The Morgan fingerprint density at radius 2 is 2.18 bits per heavy atom. The van der Waals surface area contributed by atoms with E-state index in [9.17, 15) is 0 Å². The maximum absolute atomic E-state index is 5.75. The molecule has 17 heavy (non-hydrogen) atoms. The van der Waals surface area contributed by atoms with Gasteiger partial charge >= 0.3 is 0 Å². The molecule has 1 heterocycles. The highest BCUT2D eigenvalue weighted by Gasteiger charge is 2.38. The van der Waals surface area contributed by atoms with Crippen molar-refractivity contribution in [3.63, 3.8) is 0 Å². The van der Waals surface area contributed by atoms with Gasteiger partial charge in [-0.1, -0.05) is 26.7 Å². The molecule has 0 unspecified atom stereocenters. The summed E-state index contributed by atoms with van der Waals surface area (Å²) in [4.78, 5) is 4.74. The van der Waals surface area contributed by atoms with E-state index in [-0.39, 0.29) is 5.60 Å². The Labute approximate surface area is 108 Å². The number of rotatable bonds is 5. The van der Waals surface area contributed by atoms with E-state index in [1.54, 1.807) is 11.3 Å². The van der Waals surface area contributed by atoms with E-state index in [1.807, 2.05) is 7.11 Å². The lowest BCUT2D eigenvalue weighted by atomic mass is 10.0. The van der Waals surface area contributed by atoms with Crippen molar-refractivity contribution < 1.29 is 4.74 Å². The standard InChI is InChI=1S/C13H22N2OS/c1-10(2)14-8-11-9-17-12(15-11)13(16-3)6-4-5-7-13/h9-10,14H,4-8H2,1-3H3. The number of nitrogens with zero attached hydrogens (tertiary/aromatic N) is 1.